The van der Waals surface area contributed by atoms with Crippen LogP contribution >= 0.6 is 35.0 Å². The maximum absolute atomic E-state index is 7.69. The van der Waals surface area contributed by atoms with E-state index in [9.17, 15) is 0 Å². The Hall–Kier alpha value is -1.30. The van der Waals surface area contributed by atoms with E-state index in [2.05, 4.69) is 9.97 Å². The number of thioether (sulfide) groups is 1. The lowest BCUT2D eigenvalue weighted by molar-refractivity contribution is 0.398. The zero-order valence-electron chi connectivity index (χ0n) is 10.6. The second-order valence-corrected chi connectivity index (χ2v) is 5.58. The molecule has 4 nitrogen and oxygen atoms in total. The first-order chi connectivity index (χ1) is 9.61. The third kappa shape index (κ3) is 3.62. The summed E-state index contributed by atoms with van der Waals surface area (Å²) >= 11 is 13.4. The highest BCUT2D eigenvalue weighted by Crippen LogP contribution is 2.28. The third-order valence-electron chi connectivity index (χ3n) is 2.46. The monoisotopic (exact) mass is 327 g/mol. The van der Waals surface area contributed by atoms with Gasteiger partial charge in [-0.1, -0.05) is 41.0 Å². The first-order valence-corrected chi connectivity index (χ1v) is 7.36. The predicted octanol–water partition coefficient (Wildman–Crippen LogP) is 4.05. The van der Waals surface area contributed by atoms with Gasteiger partial charge in [0.25, 0.3) is 0 Å². The van der Waals surface area contributed by atoms with Crippen LogP contribution in [-0.2, 0) is 10.5 Å². The van der Waals surface area contributed by atoms with Crippen molar-refractivity contribution in [1.82, 2.24) is 9.97 Å². The summed E-state index contributed by atoms with van der Waals surface area (Å²) < 4.78 is 4.89. The summed E-state index contributed by atoms with van der Waals surface area (Å²) in [6.45, 7) is 0. The third-order valence-corrected chi connectivity index (χ3v) is 4.08. The fourth-order valence-corrected chi connectivity index (χ4v) is 2.98. The van der Waals surface area contributed by atoms with Crippen LogP contribution in [0.25, 0.3) is 0 Å². The molecule has 1 aromatic carbocycles. The zero-order valence-corrected chi connectivity index (χ0v) is 12.9. The van der Waals surface area contributed by atoms with Gasteiger partial charge in [-0.05, 0) is 17.7 Å². The van der Waals surface area contributed by atoms with Gasteiger partial charge in [0.1, 0.15) is 5.03 Å². The molecule has 0 unspecified atom stereocenters. The molecule has 0 saturated heterocycles. The fraction of sp³-hybridized carbons (Fsp3) is 0.154. The predicted molar refractivity (Wildman–Crippen MR) is 81.9 cm³/mol. The molecule has 1 N–H and O–H groups in total. The Balaban J connectivity index is 2.17. The van der Waals surface area contributed by atoms with Crippen molar-refractivity contribution in [3.63, 3.8) is 0 Å². The Labute approximate surface area is 131 Å². The number of aromatic nitrogens is 2. The Morgan fingerprint density at radius 1 is 1.30 bits per heavy atom. The van der Waals surface area contributed by atoms with Gasteiger partial charge in [-0.25, -0.2) is 9.97 Å². The van der Waals surface area contributed by atoms with Gasteiger partial charge in [-0.3, -0.25) is 5.41 Å². The first-order valence-electron chi connectivity index (χ1n) is 5.62. The van der Waals surface area contributed by atoms with Gasteiger partial charge in [-0.15, -0.1) is 0 Å². The van der Waals surface area contributed by atoms with Gasteiger partial charge >= 0.3 is 0 Å². The molecule has 0 amide bonds. The highest BCUT2D eigenvalue weighted by molar-refractivity contribution is 7.98. The van der Waals surface area contributed by atoms with Crippen molar-refractivity contribution in [2.24, 2.45) is 0 Å². The van der Waals surface area contributed by atoms with E-state index in [4.69, 9.17) is 33.3 Å². The average molecular weight is 328 g/mol. The highest BCUT2D eigenvalue weighted by Gasteiger charge is 2.12. The summed E-state index contributed by atoms with van der Waals surface area (Å²) in [4.78, 5) is 8.33. The van der Waals surface area contributed by atoms with Crippen LogP contribution in [0.4, 0.5) is 0 Å². The molecule has 0 aliphatic heterocycles. The van der Waals surface area contributed by atoms with Crippen molar-refractivity contribution < 1.29 is 4.74 Å². The molecule has 2 rings (SSSR count). The second kappa shape index (κ2) is 6.92. The molecule has 1 heterocycles. The van der Waals surface area contributed by atoms with Crippen LogP contribution in [0.2, 0.25) is 10.0 Å². The van der Waals surface area contributed by atoms with E-state index in [1.54, 1.807) is 18.3 Å². The van der Waals surface area contributed by atoms with Crippen molar-refractivity contribution in [3.8, 4) is 0 Å². The van der Waals surface area contributed by atoms with E-state index >= 15 is 0 Å². The summed E-state index contributed by atoms with van der Waals surface area (Å²) in [5.74, 6) is 0.599. The summed E-state index contributed by atoms with van der Waals surface area (Å²) in [7, 11) is 1.43. The van der Waals surface area contributed by atoms with Gasteiger partial charge in [0.05, 0.1) is 7.11 Å². The minimum Gasteiger partial charge on any atom is -0.480 e. The van der Waals surface area contributed by atoms with Crippen molar-refractivity contribution in [2.75, 3.05) is 7.11 Å². The molecule has 0 aliphatic carbocycles. The Kier molecular flexibility index (Phi) is 5.23. The maximum atomic E-state index is 7.69. The number of hydrogen-bond acceptors (Lipinski definition) is 5. The first kappa shape index (κ1) is 15.1. The molecule has 0 radical (unpaired) electrons. The Morgan fingerprint density at radius 3 is 2.75 bits per heavy atom. The molecule has 2 aromatic rings. The number of nitrogens with zero attached hydrogens (tertiary/aromatic N) is 2. The van der Waals surface area contributed by atoms with Crippen molar-refractivity contribution in [1.29, 1.82) is 5.41 Å². The van der Waals surface area contributed by atoms with Crippen LogP contribution in [0.5, 0.6) is 0 Å². The summed E-state index contributed by atoms with van der Waals surface area (Å²) in [6, 6.07) is 5.36. The standard InChI is InChI=1S/C13H11Cl2N3OS/c1-19-12(16)11-13(18-5-4-17-11)20-7-8-2-3-9(14)6-10(8)15/h2-6,16H,7H2,1H3. The van der Waals surface area contributed by atoms with Crippen LogP contribution in [0.3, 0.4) is 0 Å². The number of halogens is 2. The summed E-state index contributed by atoms with van der Waals surface area (Å²) in [5.41, 5.74) is 1.37. The van der Waals surface area contributed by atoms with E-state index in [0.29, 0.717) is 26.5 Å². The smallest absolute Gasteiger partial charge is 0.234 e. The van der Waals surface area contributed by atoms with Crippen molar-refractivity contribution in [3.05, 3.63) is 51.9 Å². The SMILES string of the molecule is COC(=N)c1nccnc1SCc1ccc(Cl)cc1Cl. The fourth-order valence-electron chi connectivity index (χ4n) is 1.47. The van der Waals surface area contributed by atoms with E-state index in [0.717, 1.165) is 5.56 Å². The van der Waals surface area contributed by atoms with Crippen molar-refractivity contribution in [2.45, 2.75) is 10.8 Å². The van der Waals surface area contributed by atoms with E-state index in [1.807, 2.05) is 6.07 Å². The lowest BCUT2D eigenvalue weighted by atomic mass is 10.2. The second-order valence-electron chi connectivity index (χ2n) is 3.77. The molecule has 1 aromatic heterocycles. The highest BCUT2D eigenvalue weighted by atomic mass is 35.5. The van der Waals surface area contributed by atoms with Gasteiger partial charge in [0.15, 0.2) is 5.69 Å². The Morgan fingerprint density at radius 2 is 2.05 bits per heavy atom. The van der Waals surface area contributed by atoms with Gasteiger partial charge in [0.2, 0.25) is 5.90 Å². The lowest BCUT2D eigenvalue weighted by Crippen LogP contribution is -2.07. The Bertz CT molecular complexity index is 637. The van der Waals surface area contributed by atoms with Crippen LogP contribution < -0.4 is 0 Å². The van der Waals surface area contributed by atoms with E-state index < -0.39 is 0 Å². The molecule has 0 fully saturated rings. The summed E-state index contributed by atoms with van der Waals surface area (Å²) in [6.07, 6.45) is 3.11. The topological polar surface area (TPSA) is 58.9 Å². The van der Waals surface area contributed by atoms with Crippen molar-refractivity contribution >= 4 is 40.9 Å². The number of ether oxygens (including phenoxy) is 1. The minimum atomic E-state index is -0.0113. The van der Waals surface area contributed by atoms with E-state index in [-0.39, 0.29) is 5.90 Å². The van der Waals surface area contributed by atoms with Gasteiger partial charge in [0, 0.05) is 28.2 Å². The molecular formula is C13H11Cl2N3OS. The zero-order chi connectivity index (χ0) is 14.5. The van der Waals surface area contributed by atoms with Gasteiger partial charge in [-0.2, -0.15) is 0 Å². The molecule has 104 valence electrons. The average Bonchev–Trinajstić information content (AvgIpc) is 2.46. The molecule has 0 atom stereocenters. The van der Waals surface area contributed by atoms with Crippen LogP contribution in [0.1, 0.15) is 11.3 Å². The van der Waals surface area contributed by atoms with Crippen LogP contribution in [0, 0.1) is 5.41 Å². The molecule has 7 heteroatoms. The number of hydrogen-bond donors (Lipinski definition) is 1. The normalized spacial score (nSPS) is 10.3. The maximum Gasteiger partial charge on any atom is 0.234 e. The molecule has 0 aliphatic rings. The lowest BCUT2D eigenvalue weighted by Gasteiger charge is -2.08. The molecule has 0 saturated carbocycles. The van der Waals surface area contributed by atoms with Crippen LogP contribution in [0.15, 0.2) is 35.6 Å². The number of benzene rings is 1. The number of rotatable bonds is 4. The molecule has 0 bridgehead atoms. The molecular weight excluding hydrogens is 317 g/mol. The molecule has 0 spiro atoms. The minimum absolute atomic E-state index is 0.0113. The van der Waals surface area contributed by atoms with E-state index in [1.165, 1.54) is 25.1 Å². The van der Waals surface area contributed by atoms with Crippen LogP contribution in [-0.4, -0.2) is 23.0 Å². The number of nitrogens with one attached hydrogen (secondary N) is 1. The summed E-state index contributed by atoms with van der Waals surface area (Å²) in [5, 5.41) is 9.53. The largest absolute Gasteiger partial charge is 0.480 e. The quantitative estimate of drug-likeness (QED) is 0.523. The number of methoxy groups -OCH3 is 1. The van der Waals surface area contributed by atoms with Gasteiger partial charge < -0.3 is 4.74 Å². The molecule has 20 heavy (non-hydrogen) atoms.